The summed E-state index contributed by atoms with van der Waals surface area (Å²) in [4.78, 5) is 24.8. The number of hydrogen-bond donors (Lipinski definition) is 5. The van der Waals surface area contributed by atoms with E-state index >= 15 is 0 Å². The molecule has 2 aromatic carbocycles. The molecule has 0 saturated carbocycles. The second kappa shape index (κ2) is 9.73. The van der Waals surface area contributed by atoms with Crippen LogP contribution in [0.2, 0.25) is 5.02 Å². The monoisotopic (exact) mass is 452 g/mol. The number of ketones is 2. The highest BCUT2D eigenvalue weighted by Gasteiger charge is 2.44. The summed E-state index contributed by atoms with van der Waals surface area (Å²) in [5.41, 5.74) is 0.0705. The standard InChI is InChI=1S/C21H21ClO9/c22-13-4-2-1-3-11(13)15(25)8-16(26)12-6-5-10(7-14(12)24)30-21-20(29)19(28)18(27)17(9-23)31-21/h1-7,17-21,23-24,27-29H,8-9H2/t17-,18-,19+,20-,21-/m1/s1. The number of carbonyl (C=O) groups is 2. The molecule has 166 valence electrons. The van der Waals surface area contributed by atoms with Crippen molar-refractivity contribution < 1.29 is 44.6 Å². The van der Waals surface area contributed by atoms with Crippen LogP contribution in [-0.4, -0.2) is 74.4 Å². The summed E-state index contributed by atoms with van der Waals surface area (Å²) in [5, 5.41) is 49.3. The van der Waals surface area contributed by atoms with Gasteiger partial charge in [-0.1, -0.05) is 23.7 Å². The minimum absolute atomic E-state index is 0.0178. The van der Waals surface area contributed by atoms with Crippen molar-refractivity contribution in [2.75, 3.05) is 6.61 Å². The third kappa shape index (κ3) is 5.04. The zero-order valence-electron chi connectivity index (χ0n) is 16.1. The molecule has 3 rings (SSSR count). The molecule has 1 aliphatic rings. The summed E-state index contributed by atoms with van der Waals surface area (Å²) in [5.74, 6) is -1.63. The van der Waals surface area contributed by atoms with Gasteiger partial charge in [-0.3, -0.25) is 9.59 Å². The van der Waals surface area contributed by atoms with E-state index in [2.05, 4.69) is 0 Å². The molecular formula is C21H21ClO9. The molecule has 0 aromatic heterocycles. The molecule has 0 aliphatic carbocycles. The third-order valence-corrected chi connectivity index (χ3v) is 5.20. The molecule has 0 unspecified atom stereocenters. The van der Waals surface area contributed by atoms with E-state index in [1.807, 2.05) is 0 Å². The highest BCUT2D eigenvalue weighted by Crippen LogP contribution is 2.29. The smallest absolute Gasteiger partial charge is 0.229 e. The van der Waals surface area contributed by atoms with Gasteiger partial charge in [0.15, 0.2) is 11.6 Å². The fourth-order valence-corrected chi connectivity index (χ4v) is 3.38. The van der Waals surface area contributed by atoms with E-state index in [9.17, 15) is 35.1 Å². The molecule has 1 heterocycles. The lowest BCUT2D eigenvalue weighted by Crippen LogP contribution is -2.60. The van der Waals surface area contributed by atoms with Gasteiger partial charge in [-0.15, -0.1) is 0 Å². The number of ether oxygens (including phenoxy) is 2. The van der Waals surface area contributed by atoms with Crippen molar-refractivity contribution in [3.63, 3.8) is 0 Å². The van der Waals surface area contributed by atoms with Crippen LogP contribution in [-0.2, 0) is 4.74 Å². The van der Waals surface area contributed by atoms with Gasteiger partial charge in [0.25, 0.3) is 0 Å². The van der Waals surface area contributed by atoms with E-state index in [-0.39, 0.29) is 21.9 Å². The van der Waals surface area contributed by atoms with Crippen LogP contribution in [0.25, 0.3) is 0 Å². The molecule has 1 saturated heterocycles. The normalized spacial score (nSPS) is 25.8. The van der Waals surface area contributed by atoms with Crippen molar-refractivity contribution in [1.29, 1.82) is 0 Å². The number of phenolic OH excluding ortho intramolecular Hbond substituents is 1. The van der Waals surface area contributed by atoms with Crippen molar-refractivity contribution in [2.24, 2.45) is 0 Å². The van der Waals surface area contributed by atoms with Gasteiger partial charge in [-0.25, -0.2) is 0 Å². The van der Waals surface area contributed by atoms with Crippen LogP contribution in [0.3, 0.4) is 0 Å². The molecule has 31 heavy (non-hydrogen) atoms. The highest BCUT2D eigenvalue weighted by atomic mass is 35.5. The zero-order valence-corrected chi connectivity index (χ0v) is 16.8. The lowest BCUT2D eigenvalue weighted by atomic mass is 9.99. The molecule has 1 aliphatic heterocycles. The molecule has 0 amide bonds. The number of aromatic hydroxyl groups is 1. The molecule has 0 radical (unpaired) electrons. The first kappa shape index (κ1) is 23.1. The van der Waals surface area contributed by atoms with Gasteiger partial charge in [0.1, 0.15) is 35.9 Å². The van der Waals surface area contributed by atoms with Crippen molar-refractivity contribution >= 4 is 23.2 Å². The second-order valence-electron chi connectivity index (χ2n) is 7.00. The Morgan fingerprint density at radius 3 is 2.29 bits per heavy atom. The molecule has 0 bridgehead atoms. The minimum Gasteiger partial charge on any atom is -0.507 e. The molecule has 10 heteroatoms. The fraction of sp³-hybridized carbons (Fsp3) is 0.333. The number of Topliss-reactive ketones (excluding diaryl/α,β-unsaturated/α-hetero) is 2. The van der Waals surface area contributed by atoms with E-state index in [0.29, 0.717) is 0 Å². The average Bonchev–Trinajstić information content (AvgIpc) is 2.74. The number of halogens is 1. The van der Waals surface area contributed by atoms with Crippen LogP contribution in [0.15, 0.2) is 42.5 Å². The number of carbonyl (C=O) groups excluding carboxylic acids is 2. The predicted octanol–water partition coefficient (Wildman–Crippen LogP) is 0.680. The maximum atomic E-state index is 12.5. The van der Waals surface area contributed by atoms with Gasteiger partial charge >= 0.3 is 0 Å². The number of hydrogen-bond acceptors (Lipinski definition) is 9. The first-order valence-corrected chi connectivity index (χ1v) is 9.71. The Kier molecular flexibility index (Phi) is 7.26. The van der Waals surface area contributed by atoms with Gasteiger partial charge in [-0.2, -0.15) is 0 Å². The Balaban J connectivity index is 1.70. The van der Waals surface area contributed by atoms with Crippen molar-refractivity contribution in [3.05, 3.63) is 58.6 Å². The molecule has 1 fully saturated rings. The van der Waals surface area contributed by atoms with E-state index < -0.39 is 61.0 Å². The summed E-state index contributed by atoms with van der Waals surface area (Å²) in [7, 11) is 0. The van der Waals surface area contributed by atoms with Crippen molar-refractivity contribution in [2.45, 2.75) is 37.1 Å². The van der Waals surface area contributed by atoms with E-state index in [0.717, 1.165) is 6.07 Å². The van der Waals surface area contributed by atoms with Crippen molar-refractivity contribution in [3.8, 4) is 11.5 Å². The molecule has 5 atom stereocenters. The zero-order chi connectivity index (χ0) is 22.7. The molecular weight excluding hydrogens is 432 g/mol. The predicted molar refractivity (Wildman–Crippen MR) is 107 cm³/mol. The topological polar surface area (TPSA) is 154 Å². The molecule has 2 aromatic rings. The quantitative estimate of drug-likeness (QED) is 0.301. The maximum Gasteiger partial charge on any atom is 0.229 e. The molecule has 9 nitrogen and oxygen atoms in total. The SMILES string of the molecule is O=C(CC(=O)c1ccccc1Cl)c1ccc(O[C@@H]2O[C@H](CO)[C@@H](O)[C@H](O)[C@H]2O)cc1O. The largest absolute Gasteiger partial charge is 0.507 e. The van der Waals surface area contributed by atoms with Gasteiger partial charge in [0.05, 0.1) is 23.6 Å². The summed E-state index contributed by atoms with van der Waals surface area (Å²) in [6.45, 7) is -0.622. The van der Waals surface area contributed by atoms with Gasteiger partial charge < -0.3 is 35.0 Å². The van der Waals surface area contributed by atoms with Crippen LogP contribution in [0.1, 0.15) is 27.1 Å². The summed E-state index contributed by atoms with van der Waals surface area (Å²) < 4.78 is 10.6. The van der Waals surface area contributed by atoms with Crippen LogP contribution in [0, 0.1) is 0 Å². The lowest BCUT2D eigenvalue weighted by molar-refractivity contribution is -0.277. The second-order valence-corrected chi connectivity index (χ2v) is 7.40. The number of aliphatic hydroxyl groups is 4. The van der Waals surface area contributed by atoms with Crippen LogP contribution in [0.4, 0.5) is 0 Å². The van der Waals surface area contributed by atoms with Crippen LogP contribution >= 0.6 is 11.6 Å². The summed E-state index contributed by atoms with van der Waals surface area (Å²) >= 11 is 5.97. The van der Waals surface area contributed by atoms with E-state index in [4.69, 9.17) is 21.1 Å². The van der Waals surface area contributed by atoms with Gasteiger partial charge in [0.2, 0.25) is 6.29 Å². The highest BCUT2D eigenvalue weighted by molar-refractivity contribution is 6.34. The van der Waals surface area contributed by atoms with Crippen LogP contribution in [0.5, 0.6) is 11.5 Å². The van der Waals surface area contributed by atoms with Gasteiger partial charge in [-0.05, 0) is 24.3 Å². The van der Waals surface area contributed by atoms with Crippen molar-refractivity contribution in [1.82, 2.24) is 0 Å². The summed E-state index contributed by atoms with van der Waals surface area (Å²) in [6.07, 6.45) is -7.91. The van der Waals surface area contributed by atoms with Gasteiger partial charge in [0, 0.05) is 11.6 Å². The Bertz CT molecular complexity index is 962. The number of phenols is 1. The fourth-order valence-electron chi connectivity index (χ4n) is 3.14. The van der Waals surface area contributed by atoms with Crippen LogP contribution < -0.4 is 4.74 Å². The summed E-state index contributed by atoms with van der Waals surface area (Å²) in [6, 6.07) is 9.91. The first-order chi connectivity index (χ1) is 14.7. The molecule has 0 spiro atoms. The maximum absolute atomic E-state index is 12.5. The lowest BCUT2D eigenvalue weighted by Gasteiger charge is -2.39. The Morgan fingerprint density at radius 2 is 1.65 bits per heavy atom. The molecule has 5 N–H and O–H groups in total. The Morgan fingerprint density at radius 1 is 0.968 bits per heavy atom. The number of aliphatic hydroxyl groups excluding tert-OH is 4. The average molecular weight is 453 g/mol. The third-order valence-electron chi connectivity index (χ3n) is 4.87. The van der Waals surface area contributed by atoms with E-state index in [1.54, 1.807) is 12.1 Å². The Hall–Kier alpha value is -2.53. The number of benzene rings is 2. The Labute approximate surface area is 182 Å². The number of rotatable bonds is 7. The van der Waals surface area contributed by atoms with E-state index in [1.165, 1.54) is 24.3 Å². The minimum atomic E-state index is -1.63. The first-order valence-electron chi connectivity index (χ1n) is 9.34.